The Hall–Kier alpha value is -1.33. The third kappa shape index (κ3) is 2.91. The summed E-state index contributed by atoms with van der Waals surface area (Å²) in [5, 5.41) is 14.8. The predicted molar refractivity (Wildman–Crippen MR) is 69.7 cm³/mol. The Morgan fingerprint density at radius 3 is 2.89 bits per heavy atom. The number of aromatic nitrogens is 1. The largest absolute Gasteiger partial charge is 0.396 e. The van der Waals surface area contributed by atoms with E-state index < -0.39 is 0 Å². The van der Waals surface area contributed by atoms with Crippen LogP contribution in [-0.2, 0) is 0 Å². The molecular weight excluding hydrogens is 254 g/mol. The van der Waals surface area contributed by atoms with Crippen LogP contribution in [0, 0.1) is 0 Å². The van der Waals surface area contributed by atoms with Gasteiger partial charge < -0.3 is 15.7 Å². The summed E-state index contributed by atoms with van der Waals surface area (Å²) < 4.78 is 0. The molecule has 1 aliphatic rings. The molecule has 2 amide bonds. The summed E-state index contributed by atoms with van der Waals surface area (Å²) in [4.78, 5) is 15.7. The number of nitrogens with zero attached hydrogens (tertiary/aromatic N) is 1. The maximum Gasteiger partial charge on any atom is 0.319 e. The molecule has 1 heterocycles. The van der Waals surface area contributed by atoms with Gasteiger partial charge in [-0.1, -0.05) is 11.6 Å². The van der Waals surface area contributed by atoms with E-state index in [4.69, 9.17) is 16.7 Å². The van der Waals surface area contributed by atoms with Crippen molar-refractivity contribution in [3.63, 3.8) is 0 Å². The van der Waals surface area contributed by atoms with Crippen molar-refractivity contribution in [3.05, 3.63) is 23.5 Å². The van der Waals surface area contributed by atoms with Gasteiger partial charge in [0.05, 0.1) is 5.69 Å². The molecule has 0 atom stereocenters. The van der Waals surface area contributed by atoms with E-state index in [0.29, 0.717) is 12.1 Å². The van der Waals surface area contributed by atoms with Crippen molar-refractivity contribution in [2.75, 3.05) is 11.9 Å². The molecule has 5 nitrogen and oxygen atoms in total. The van der Waals surface area contributed by atoms with Crippen molar-refractivity contribution in [2.24, 2.45) is 0 Å². The minimum Gasteiger partial charge on any atom is -0.396 e. The fraction of sp³-hybridized carbons (Fsp3) is 0.500. The molecule has 0 aliphatic heterocycles. The van der Waals surface area contributed by atoms with E-state index in [0.717, 1.165) is 19.3 Å². The van der Waals surface area contributed by atoms with Gasteiger partial charge in [0, 0.05) is 18.3 Å². The van der Waals surface area contributed by atoms with Crippen LogP contribution in [0.15, 0.2) is 18.3 Å². The molecule has 2 rings (SSSR count). The number of aliphatic hydroxyl groups is 1. The standard InChI is InChI=1S/C12H16ClN3O2/c13-10-9(3-1-7-14-10)15-11(18)16-12(6-8-17)4-2-5-12/h1,3,7,17H,2,4-6,8H2,(H2,15,16,18). The number of nitrogens with one attached hydrogen (secondary N) is 2. The van der Waals surface area contributed by atoms with Crippen LogP contribution in [0.25, 0.3) is 0 Å². The number of carbonyl (C=O) groups is 1. The summed E-state index contributed by atoms with van der Waals surface area (Å²) in [6.07, 6.45) is 5.03. The number of amides is 2. The highest BCUT2D eigenvalue weighted by molar-refractivity contribution is 6.32. The fourth-order valence-electron chi connectivity index (χ4n) is 2.13. The van der Waals surface area contributed by atoms with Gasteiger partial charge in [-0.05, 0) is 37.8 Å². The number of hydrogen-bond acceptors (Lipinski definition) is 3. The zero-order valence-corrected chi connectivity index (χ0v) is 10.7. The van der Waals surface area contributed by atoms with Gasteiger partial charge in [0.15, 0.2) is 5.15 Å². The lowest BCUT2D eigenvalue weighted by Crippen LogP contribution is -2.55. The molecule has 0 unspecified atom stereocenters. The van der Waals surface area contributed by atoms with Crippen molar-refractivity contribution in [3.8, 4) is 0 Å². The number of rotatable bonds is 4. The van der Waals surface area contributed by atoms with E-state index in [9.17, 15) is 4.79 Å². The summed E-state index contributed by atoms with van der Waals surface area (Å²) in [6, 6.07) is 3.08. The van der Waals surface area contributed by atoms with Crippen molar-refractivity contribution in [2.45, 2.75) is 31.2 Å². The summed E-state index contributed by atoms with van der Waals surface area (Å²) in [6.45, 7) is 0.0773. The topological polar surface area (TPSA) is 74.2 Å². The fourth-order valence-corrected chi connectivity index (χ4v) is 2.30. The molecule has 0 bridgehead atoms. The van der Waals surface area contributed by atoms with Gasteiger partial charge in [0.25, 0.3) is 0 Å². The molecule has 0 aromatic carbocycles. The van der Waals surface area contributed by atoms with Crippen molar-refractivity contribution in [1.82, 2.24) is 10.3 Å². The lowest BCUT2D eigenvalue weighted by molar-refractivity contribution is 0.139. The van der Waals surface area contributed by atoms with E-state index in [1.807, 2.05) is 0 Å². The smallest absolute Gasteiger partial charge is 0.319 e. The molecule has 18 heavy (non-hydrogen) atoms. The Morgan fingerprint density at radius 2 is 2.33 bits per heavy atom. The average molecular weight is 270 g/mol. The first-order valence-corrected chi connectivity index (χ1v) is 6.34. The Kier molecular flexibility index (Phi) is 4.04. The van der Waals surface area contributed by atoms with Gasteiger partial charge in [0.1, 0.15) is 0 Å². The minimum atomic E-state index is -0.307. The van der Waals surface area contributed by atoms with Crippen LogP contribution >= 0.6 is 11.6 Å². The molecule has 0 saturated heterocycles. The van der Waals surface area contributed by atoms with Crippen LogP contribution in [-0.4, -0.2) is 28.3 Å². The summed E-state index contributed by atoms with van der Waals surface area (Å²) in [5.74, 6) is 0. The number of hydrogen-bond donors (Lipinski definition) is 3. The number of anilines is 1. The second-order valence-corrected chi connectivity index (χ2v) is 4.89. The van der Waals surface area contributed by atoms with Crippen LogP contribution in [0.4, 0.5) is 10.5 Å². The molecule has 1 aromatic rings. The number of halogens is 1. The molecule has 1 fully saturated rings. The van der Waals surface area contributed by atoms with E-state index in [1.165, 1.54) is 0 Å². The zero-order chi connectivity index (χ0) is 13.0. The van der Waals surface area contributed by atoms with Gasteiger partial charge in [-0.25, -0.2) is 9.78 Å². The monoisotopic (exact) mass is 269 g/mol. The first-order valence-electron chi connectivity index (χ1n) is 5.96. The Morgan fingerprint density at radius 1 is 1.56 bits per heavy atom. The number of urea groups is 1. The number of pyridine rings is 1. The van der Waals surface area contributed by atoms with Crippen LogP contribution in [0.3, 0.4) is 0 Å². The molecule has 98 valence electrons. The van der Waals surface area contributed by atoms with Crippen LogP contribution in [0.2, 0.25) is 5.15 Å². The molecule has 6 heteroatoms. The second kappa shape index (κ2) is 5.54. The maximum atomic E-state index is 11.9. The van der Waals surface area contributed by atoms with E-state index in [2.05, 4.69) is 15.6 Å². The van der Waals surface area contributed by atoms with Crippen LogP contribution in [0.1, 0.15) is 25.7 Å². The molecule has 1 saturated carbocycles. The number of aliphatic hydroxyl groups excluding tert-OH is 1. The first kappa shape index (κ1) is 13.1. The predicted octanol–water partition coefficient (Wildman–Crippen LogP) is 2.16. The van der Waals surface area contributed by atoms with Gasteiger partial charge in [-0.3, -0.25) is 0 Å². The van der Waals surface area contributed by atoms with E-state index >= 15 is 0 Å². The second-order valence-electron chi connectivity index (χ2n) is 4.53. The maximum absolute atomic E-state index is 11.9. The summed E-state index contributed by atoms with van der Waals surface area (Å²) in [7, 11) is 0. The highest BCUT2D eigenvalue weighted by atomic mass is 35.5. The van der Waals surface area contributed by atoms with Crippen molar-refractivity contribution in [1.29, 1.82) is 0 Å². The molecule has 3 N–H and O–H groups in total. The Bertz CT molecular complexity index is 435. The highest BCUT2D eigenvalue weighted by Gasteiger charge is 2.37. The van der Waals surface area contributed by atoms with Crippen molar-refractivity contribution >= 4 is 23.3 Å². The van der Waals surface area contributed by atoms with Crippen LogP contribution < -0.4 is 10.6 Å². The summed E-state index contributed by atoms with van der Waals surface area (Å²) in [5.41, 5.74) is 0.225. The highest BCUT2D eigenvalue weighted by Crippen LogP contribution is 2.34. The van der Waals surface area contributed by atoms with Crippen molar-refractivity contribution < 1.29 is 9.90 Å². The van der Waals surface area contributed by atoms with Gasteiger partial charge >= 0.3 is 6.03 Å². The van der Waals surface area contributed by atoms with E-state index in [-0.39, 0.29) is 23.3 Å². The summed E-state index contributed by atoms with van der Waals surface area (Å²) >= 11 is 5.85. The van der Waals surface area contributed by atoms with Gasteiger partial charge in [0.2, 0.25) is 0 Å². The first-order chi connectivity index (χ1) is 8.65. The minimum absolute atomic E-state index is 0.0773. The molecular formula is C12H16ClN3O2. The Balaban J connectivity index is 1.94. The van der Waals surface area contributed by atoms with Gasteiger partial charge in [-0.2, -0.15) is 0 Å². The third-order valence-corrected chi connectivity index (χ3v) is 3.59. The Labute approximate surface area is 111 Å². The quantitative estimate of drug-likeness (QED) is 0.734. The van der Waals surface area contributed by atoms with Gasteiger partial charge in [-0.15, -0.1) is 0 Å². The van der Waals surface area contributed by atoms with E-state index in [1.54, 1.807) is 18.3 Å². The normalized spacial score (nSPS) is 16.8. The lowest BCUT2D eigenvalue weighted by Gasteiger charge is -2.42. The molecule has 0 spiro atoms. The molecule has 1 aromatic heterocycles. The third-order valence-electron chi connectivity index (χ3n) is 3.29. The zero-order valence-electron chi connectivity index (χ0n) is 9.95. The lowest BCUT2D eigenvalue weighted by atomic mass is 9.74. The number of carbonyl (C=O) groups excluding carboxylic acids is 1. The SMILES string of the molecule is O=C(Nc1cccnc1Cl)NC1(CCO)CCC1. The van der Waals surface area contributed by atoms with Crippen LogP contribution in [0.5, 0.6) is 0 Å². The molecule has 1 aliphatic carbocycles. The average Bonchev–Trinajstić information content (AvgIpc) is 2.29. The molecule has 0 radical (unpaired) electrons.